The molecule has 0 spiro atoms. The molecule has 1 fully saturated rings. The van der Waals surface area contributed by atoms with Crippen molar-refractivity contribution in [3.05, 3.63) is 0 Å². The Hall–Kier alpha value is 0.730. The summed E-state index contributed by atoms with van der Waals surface area (Å²) in [7, 11) is 0. The minimum atomic E-state index is -1.08. The van der Waals surface area contributed by atoms with E-state index in [1.165, 1.54) is 0 Å². The van der Waals surface area contributed by atoms with Gasteiger partial charge in [-0.05, 0) is 6.42 Å². The van der Waals surface area contributed by atoms with Crippen molar-refractivity contribution in [1.29, 1.82) is 0 Å². The lowest BCUT2D eigenvalue weighted by atomic mass is 9.81. The van der Waals surface area contributed by atoms with E-state index in [9.17, 15) is 4.79 Å². The molecule has 1 nitrogen and oxygen atoms in total. The van der Waals surface area contributed by atoms with E-state index in [1.54, 1.807) is 0 Å². The first-order chi connectivity index (χ1) is 4.59. The topological polar surface area (TPSA) is 17.1 Å². The maximum absolute atomic E-state index is 10.8. The third-order valence-electron chi connectivity index (χ3n) is 1.77. The first-order valence-corrected chi connectivity index (χ1v) is 4.94. The SMILES string of the molecule is O=C1CC(CCBr)C1(Cl)Cl. The molecular formula is C6H7BrCl2O. The van der Waals surface area contributed by atoms with Gasteiger partial charge >= 0.3 is 0 Å². The van der Waals surface area contributed by atoms with Crippen LogP contribution in [0.4, 0.5) is 0 Å². The van der Waals surface area contributed by atoms with Gasteiger partial charge in [-0.3, -0.25) is 4.79 Å². The molecule has 0 aromatic carbocycles. The maximum atomic E-state index is 10.8. The molecule has 0 saturated heterocycles. The number of hydrogen-bond donors (Lipinski definition) is 0. The summed E-state index contributed by atoms with van der Waals surface area (Å²) in [5.41, 5.74) is 0. The standard InChI is InChI=1S/C6H7BrCl2O/c7-2-1-4-3-5(10)6(4,8)9/h4H,1-3H2. The van der Waals surface area contributed by atoms with Crippen molar-refractivity contribution in [3.63, 3.8) is 0 Å². The summed E-state index contributed by atoms with van der Waals surface area (Å²) >= 11 is 14.7. The predicted molar refractivity (Wildman–Crippen MR) is 46.0 cm³/mol. The van der Waals surface area contributed by atoms with E-state index in [-0.39, 0.29) is 11.7 Å². The summed E-state index contributed by atoms with van der Waals surface area (Å²) < 4.78 is -1.08. The molecule has 4 heteroatoms. The second-order valence-corrected chi connectivity index (χ2v) is 4.60. The fraction of sp³-hybridized carbons (Fsp3) is 0.833. The molecule has 0 aliphatic heterocycles. The molecule has 0 heterocycles. The van der Waals surface area contributed by atoms with Gasteiger partial charge in [0.2, 0.25) is 0 Å². The number of carbonyl (C=O) groups is 1. The molecule has 1 aliphatic carbocycles. The van der Waals surface area contributed by atoms with Gasteiger partial charge in [0, 0.05) is 17.7 Å². The van der Waals surface area contributed by atoms with Crippen LogP contribution in [0, 0.1) is 5.92 Å². The lowest BCUT2D eigenvalue weighted by Gasteiger charge is -2.37. The van der Waals surface area contributed by atoms with E-state index >= 15 is 0 Å². The monoisotopic (exact) mass is 244 g/mol. The quantitative estimate of drug-likeness (QED) is 0.684. The van der Waals surface area contributed by atoms with E-state index < -0.39 is 4.33 Å². The molecule has 58 valence electrons. The van der Waals surface area contributed by atoms with E-state index in [4.69, 9.17) is 23.2 Å². The van der Waals surface area contributed by atoms with Crippen molar-refractivity contribution in [2.75, 3.05) is 5.33 Å². The molecule has 1 saturated carbocycles. The number of carbonyl (C=O) groups excluding carboxylic acids is 1. The Balaban J connectivity index is 2.46. The van der Waals surface area contributed by atoms with Gasteiger partial charge in [-0.15, -0.1) is 0 Å². The fourth-order valence-electron chi connectivity index (χ4n) is 1.000. The van der Waals surface area contributed by atoms with E-state index in [1.807, 2.05) is 0 Å². The zero-order valence-electron chi connectivity index (χ0n) is 5.24. The lowest BCUT2D eigenvalue weighted by Crippen LogP contribution is -2.47. The minimum absolute atomic E-state index is 0.0400. The lowest BCUT2D eigenvalue weighted by molar-refractivity contribution is -0.128. The third-order valence-corrected chi connectivity index (χ3v) is 3.27. The Labute approximate surface area is 78.2 Å². The molecule has 0 aromatic heterocycles. The third kappa shape index (κ3) is 1.34. The molecule has 0 radical (unpaired) electrons. The van der Waals surface area contributed by atoms with Crippen LogP contribution in [0.3, 0.4) is 0 Å². The number of rotatable bonds is 2. The highest BCUT2D eigenvalue weighted by Crippen LogP contribution is 2.46. The van der Waals surface area contributed by atoms with Crippen LogP contribution in [-0.2, 0) is 4.79 Å². The summed E-state index contributed by atoms with van der Waals surface area (Å²) in [5.74, 6) is 0.115. The van der Waals surface area contributed by atoms with Crippen LogP contribution in [0.25, 0.3) is 0 Å². The van der Waals surface area contributed by atoms with Crippen molar-refractivity contribution >= 4 is 44.9 Å². The Morgan fingerprint density at radius 2 is 2.30 bits per heavy atom. The minimum Gasteiger partial charge on any atom is -0.296 e. The summed E-state index contributed by atoms with van der Waals surface area (Å²) in [6.07, 6.45) is 1.41. The summed E-state index contributed by atoms with van der Waals surface area (Å²) in [6, 6.07) is 0. The van der Waals surface area contributed by atoms with Crippen LogP contribution >= 0.6 is 39.1 Å². The van der Waals surface area contributed by atoms with Gasteiger partial charge in [0.05, 0.1) is 0 Å². The van der Waals surface area contributed by atoms with E-state index in [0.717, 1.165) is 11.8 Å². The van der Waals surface area contributed by atoms with Crippen LogP contribution in [0.15, 0.2) is 0 Å². The van der Waals surface area contributed by atoms with Crippen molar-refractivity contribution in [1.82, 2.24) is 0 Å². The summed E-state index contributed by atoms with van der Waals surface area (Å²) in [4.78, 5) is 10.8. The average Bonchev–Trinajstić information content (AvgIpc) is 1.88. The van der Waals surface area contributed by atoms with Crippen LogP contribution in [0.2, 0.25) is 0 Å². The number of halogens is 3. The second kappa shape index (κ2) is 3.00. The van der Waals surface area contributed by atoms with Crippen molar-refractivity contribution in [3.8, 4) is 0 Å². The van der Waals surface area contributed by atoms with Gasteiger partial charge in [0.1, 0.15) is 0 Å². The second-order valence-electron chi connectivity index (χ2n) is 2.42. The molecule has 0 aromatic rings. The Morgan fingerprint density at radius 1 is 1.70 bits per heavy atom. The summed E-state index contributed by atoms with van der Waals surface area (Å²) in [6.45, 7) is 0. The molecule has 10 heavy (non-hydrogen) atoms. The number of Topliss-reactive ketones (excluding diaryl/α,β-unsaturated/α-hetero) is 1. The highest BCUT2D eigenvalue weighted by Gasteiger charge is 2.51. The van der Waals surface area contributed by atoms with Crippen molar-refractivity contribution in [2.45, 2.75) is 17.2 Å². The molecule has 0 amide bonds. The van der Waals surface area contributed by atoms with Gasteiger partial charge in [0.25, 0.3) is 0 Å². The predicted octanol–water partition coefficient (Wildman–Crippen LogP) is 2.53. The number of alkyl halides is 3. The molecule has 1 unspecified atom stereocenters. The highest BCUT2D eigenvalue weighted by molar-refractivity contribution is 9.09. The number of hydrogen-bond acceptors (Lipinski definition) is 1. The Kier molecular flexibility index (Phi) is 2.64. The van der Waals surface area contributed by atoms with Gasteiger partial charge in [-0.2, -0.15) is 0 Å². The van der Waals surface area contributed by atoms with Crippen LogP contribution in [0.5, 0.6) is 0 Å². The molecular weight excluding hydrogens is 239 g/mol. The fourth-order valence-corrected chi connectivity index (χ4v) is 2.08. The van der Waals surface area contributed by atoms with Gasteiger partial charge in [0.15, 0.2) is 10.1 Å². The largest absolute Gasteiger partial charge is 0.296 e. The Morgan fingerprint density at radius 3 is 2.60 bits per heavy atom. The molecule has 0 N–H and O–H groups in total. The van der Waals surface area contributed by atoms with Gasteiger partial charge in [-0.1, -0.05) is 39.1 Å². The Bertz CT molecular complexity index is 158. The van der Waals surface area contributed by atoms with Gasteiger partial charge in [-0.25, -0.2) is 0 Å². The van der Waals surface area contributed by atoms with Crippen LogP contribution < -0.4 is 0 Å². The first-order valence-electron chi connectivity index (χ1n) is 3.06. The van der Waals surface area contributed by atoms with Crippen LogP contribution in [0.1, 0.15) is 12.8 Å². The normalized spacial score (nSPS) is 29.9. The number of ketones is 1. The summed E-state index contributed by atoms with van der Waals surface area (Å²) in [5, 5.41) is 0.853. The highest BCUT2D eigenvalue weighted by atomic mass is 79.9. The maximum Gasteiger partial charge on any atom is 0.179 e. The zero-order chi connectivity index (χ0) is 7.78. The van der Waals surface area contributed by atoms with E-state index in [2.05, 4.69) is 15.9 Å². The average molecular weight is 246 g/mol. The van der Waals surface area contributed by atoms with Crippen molar-refractivity contribution in [2.24, 2.45) is 5.92 Å². The van der Waals surface area contributed by atoms with Crippen molar-refractivity contribution < 1.29 is 4.79 Å². The molecule has 0 bridgehead atoms. The van der Waals surface area contributed by atoms with Crippen LogP contribution in [-0.4, -0.2) is 15.4 Å². The first kappa shape index (κ1) is 8.82. The van der Waals surface area contributed by atoms with Gasteiger partial charge < -0.3 is 0 Å². The molecule has 1 rings (SSSR count). The smallest absolute Gasteiger partial charge is 0.179 e. The molecule has 1 aliphatic rings. The van der Waals surface area contributed by atoms with E-state index in [0.29, 0.717) is 6.42 Å². The molecule has 1 atom stereocenters. The zero-order valence-corrected chi connectivity index (χ0v) is 8.34.